The summed E-state index contributed by atoms with van der Waals surface area (Å²) in [5.41, 5.74) is 0.932. The minimum absolute atomic E-state index is 0.0460. The Labute approximate surface area is 102 Å². The smallest absolute Gasteiger partial charge is 0.101 e. The Balaban J connectivity index is 2.30. The third-order valence-corrected chi connectivity index (χ3v) is 2.70. The molecule has 2 rings (SSSR count). The second-order valence-electron chi connectivity index (χ2n) is 4.80. The fourth-order valence-electron chi connectivity index (χ4n) is 1.93. The van der Waals surface area contributed by atoms with Crippen LogP contribution in [0.15, 0.2) is 48.3 Å². The average Bonchev–Trinajstić information content (AvgIpc) is 2.27. The number of benzene rings is 2. The number of rotatable bonds is 3. The highest BCUT2D eigenvalue weighted by atomic mass is 19.1. The quantitative estimate of drug-likeness (QED) is 0.677. The molecule has 0 radical (unpaired) electrons. The fraction of sp³-hybridized carbons (Fsp3) is 0.250. The lowest BCUT2D eigenvalue weighted by Gasteiger charge is -2.03. The SMILES string of the molecule is CC(C)C/C(F)=C/c1ccc2ccccc2c1. The lowest BCUT2D eigenvalue weighted by Crippen LogP contribution is -1.86. The molecule has 1 heteroatoms. The average molecular weight is 228 g/mol. The molecule has 0 aliphatic carbocycles. The first-order valence-electron chi connectivity index (χ1n) is 6.00. The van der Waals surface area contributed by atoms with Gasteiger partial charge in [0.1, 0.15) is 5.83 Å². The molecule has 0 nitrogen and oxygen atoms in total. The van der Waals surface area contributed by atoms with Crippen molar-refractivity contribution in [1.82, 2.24) is 0 Å². The van der Waals surface area contributed by atoms with Crippen LogP contribution >= 0.6 is 0 Å². The normalized spacial score (nSPS) is 12.4. The number of hydrogen-bond donors (Lipinski definition) is 0. The van der Waals surface area contributed by atoms with Gasteiger partial charge in [-0.3, -0.25) is 0 Å². The van der Waals surface area contributed by atoms with Crippen LogP contribution in [0.3, 0.4) is 0 Å². The van der Waals surface area contributed by atoms with E-state index >= 15 is 0 Å². The van der Waals surface area contributed by atoms with Crippen molar-refractivity contribution in [2.24, 2.45) is 5.92 Å². The molecule has 0 aromatic heterocycles. The van der Waals surface area contributed by atoms with Crippen LogP contribution in [0.2, 0.25) is 0 Å². The van der Waals surface area contributed by atoms with E-state index in [9.17, 15) is 4.39 Å². The molecule has 0 atom stereocenters. The monoisotopic (exact) mass is 228 g/mol. The number of halogens is 1. The molecule has 0 saturated carbocycles. The van der Waals surface area contributed by atoms with Crippen LogP contribution in [0.1, 0.15) is 25.8 Å². The van der Waals surface area contributed by atoms with Crippen LogP contribution in [-0.2, 0) is 0 Å². The summed E-state index contributed by atoms with van der Waals surface area (Å²) in [6, 6.07) is 14.1. The van der Waals surface area contributed by atoms with E-state index < -0.39 is 0 Å². The van der Waals surface area contributed by atoms with Crippen molar-refractivity contribution in [3.05, 3.63) is 53.9 Å². The molecule has 0 unspecified atom stereocenters. The van der Waals surface area contributed by atoms with Gasteiger partial charge in [0.2, 0.25) is 0 Å². The predicted molar refractivity (Wildman–Crippen MR) is 72.5 cm³/mol. The number of hydrogen-bond acceptors (Lipinski definition) is 0. The van der Waals surface area contributed by atoms with Crippen LogP contribution < -0.4 is 0 Å². The van der Waals surface area contributed by atoms with Gasteiger partial charge in [-0.25, -0.2) is 4.39 Å². The zero-order chi connectivity index (χ0) is 12.3. The van der Waals surface area contributed by atoms with E-state index in [1.165, 1.54) is 5.39 Å². The van der Waals surface area contributed by atoms with Gasteiger partial charge < -0.3 is 0 Å². The minimum Gasteiger partial charge on any atom is -0.212 e. The van der Waals surface area contributed by atoms with E-state index in [-0.39, 0.29) is 5.83 Å². The summed E-state index contributed by atoms with van der Waals surface area (Å²) in [5, 5.41) is 2.34. The summed E-state index contributed by atoms with van der Waals surface area (Å²) >= 11 is 0. The largest absolute Gasteiger partial charge is 0.212 e. The molecule has 0 aliphatic rings. The minimum atomic E-state index is -0.0460. The van der Waals surface area contributed by atoms with Crippen LogP contribution in [0.4, 0.5) is 4.39 Å². The van der Waals surface area contributed by atoms with E-state index in [1.54, 1.807) is 6.08 Å². The highest BCUT2D eigenvalue weighted by Gasteiger charge is 2.00. The first-order chi connectivity index (χ1) is 8.15. The van der Waals surface area contributed by atoms with Gasteiger partial charge in [-0.2, -0.15) is 0 Å². The molecule has 0 spiro atoms. The lowest BCUT2D eigenvalue weighted by molar-refractivity contribution is 0.522. The van der Waals surface area contributed by atoms with Crippen LogP contribution in [0.25, 0.3) is 16.8 Å². The van der Waals surface area contributed by atoms with Crippen LogP contribution in [0, 0.1) is 5.92 Å². The van der Waals surface area contributed by atoms with Crippen molar-refractivity contribution < 1.29 is 4.39 Å². The summed E-state index contributed by atoms with van der Waals surface area (Å²) in [6.07, 6.45) is 2.14. The summed E-state index contributed by atoms with van der Waals surface area (Å²) in [5.74, 6) is 0.307. The van der Waals surface area contributed by atoms with E-state index in [0.717, 1.165) is 10.9 Å². The van der Waals surface area contributed by atoms with Gasteiger partial charge in [-0.15, -0.1) is 0 Å². The van der Waals surface area contributed by atoms with Crippen molar-refractivity contribution >= 4 is 16.8 Å². The zero-order valence-electron chi connectivity index (χ0n) is 10.3. The molecule has 0 aliphatic heterocycles. The second kappa shape index (κ2) is 5.13. The molecule has 0 bridgehead atoms. The maximum atomic E-state index is 13.6. The Morgan fingerprint density at radius 2 is 1.82 bits per heavy atom. The Hall–Kier alpha value is -1.63. The Morgan fingerprint density at radius 1 is 1.12 bits per heavy atom. The van der Waals surface area contributed by atoms with E-state index in [2.05, 4.69) is 6.07 Å². The van der Waals surface area contributed by atoms with Crippen molar-refractivity contribution in [3.8, 4) is 0 Å². The molecule has 17 heavy (non-hydrogen) atoms. The molecule has 2 aromatic carbocycles. The number of fused-ring (bicyclic) bond motifs is 1. The first kappa shape index (κ1) is 11.8. The first-order valence-corrected chi connectivity index (χ1v) is 6.00. The summed E-state index contributed by atoms with van der Waals surface area (Å²) in [6.45, 7) is 4.04. The number of allylic oxidation sites excluding steroid dienone is 1. The van der Waals surface area contributed by atoms with Gasteiger partial charge in [-0.05, 0) is 34.4 Å². The Kier molecular flexibility index (Phi) is 3.58. The zero-order valence-corrected chi connectivity index (χ0v) is 10.3. The predicted octanol–water partition coefficient (Wildman–Crippen LogP) is 5.20. The molecular formula is C16H17F. The van der Waals surface area contributed by atoms with Gasteiger partial charge in [0.25, 0.3) is 0 Å². The van der Waals surface area contributed by atoms with E-state index in [1.807, 2.05) is 50.2 Å². The highest BCUT2D eigenvalue weighted by Crippen LogP contribution is 2.20. The topological polar surface area (TPSA) is 0 Å². The maximum absolute atomic E-state index is 13.6. The molecule has 0 saturated heterocycles. The van der Waals surface area contributed by atoms with Gasteiger partial charge in [0.15, 0.2) is 0 Å². The third-order valence-electron chi connectivity index (χ3n) is 2.70. The standard InChI is InChI=1S/C16H17F/c1-12(2)9-16(17)11-13-7-8-14-5-3-4-6-15(14)10-13/h3-8,10-12H,9H2,1-2H3/b16-11-. The van der Waals surface area contributed by atoms with Gasteiger partial charge in [0.05, 0.1) is 0 Å². The fourth-order valence-corrected chi connectivity index (χ4v) is 1.93. The lowest BCUT2D eigenvalue weighted by atomic mass is 10.0. The molecule has 0 amide bonds. The Bertz CT molecular complexity index is 538. The molecule has 88 valence electrons. The van der Waals surface area contributed by atoms with Crippen molar-refractivity contribution in [2.75, 3.05) is 0 Å². The van der Waals surface area contributed by atoms with Gasteiger partial charge in [-0.1, -0.05) is 50.2 Å². The summed E-state index contributed by atoms with van der Waals surface area (Å²) < 4.78 is 13.6. The van der Waals surface area contributed by atoms with Crippen molar-refractivity contribution in [2.45, 2.75) is 20.3 Å². The van der Waals surface area contributed by atoms with Gasteiger partial charge in [0, 0.05) is 6.42 Å². The Morgan fingerprint density at radius 3 is 2.53 bits per heavy atom. The van der Waals surface area contributed by atoms with Crippen LogP contribution in [0.5, 0.6) is 0 Å². The maximum Gasteiger partial charge on any atom is 0.101 e. The summed E-state index contributed by atoms with van der Waals surface area (Å²) in [4.78, 5) is 0. The molecule has 2 aromatic rings. The molecule has 0 heterocycles. The van der Waals surface area contributed by atoms with Crippen LogP contribution in [-0.4, -0.2) is 0 Å². The van der Waals surface area contributed by atoms with Gasteiger partial charge >= 0.3 is 0 Å². The third kappa shape index (κ3) is 3.16. The van der Waals surface area contributed by atoms with E-state index in [4.69, 9.17) is 0 Å². The van der Waals surface area contributed by atoms with Crippen molar-refractivity contribution in [3.63, 3.8) is 0 Å². The highest BCUT2D eigenvalue weighted by molar-refractivity contribution is 5.84. The second-order valence-corrected chi connectivity index (χ2v) is 4.80. The molecule has 0 N–H and O–H groups in total. The van der Waals surface area contributed by atoms with Crippen molar-refractivity contribution in [1.29, 1.82) is 0 Å². The van der Waals surface area contributed by atoms with E-state index in [0.29, 0.717) is 12.3 Å². The summed E-state index contributed by atoms with van der Waals surface area (Å²) in [7, 11) is 0. The molecule has 0 fully saturated rings. The molecular weight excluding hydrogens is 211 g/mol.